The highest BCUT2D eigenvalue weighted by Crippen LogP contribution is 2.37. The van der Waals surface area contributed by atoms with E-state index in [2.05, 4.69) is 40.2 Å². The van der Waals surface area contributed by atoms with Gasteiger partial charge in [0.15, 0.2) is 0 Å². The number of nitrogens with zero attached hydrogens (tertiary/aromatic N) is 2. The third kappa shape index (κ3) is 5.61. The molecule has 1 heterocycles. The Kier molecular flexibility index (Phi) is 6.29. The first-order valence-corrected chi connectivity index (χ1v) is 9.71. The second-order valence-electron chi connectivity index (χ2n) is 7.77. The molecule has 0 bridgehead atoms. The van der Waals surface area contributed by atoms with Gasteiger partial charge in [-0.25, -0.2) is 0 Å². The van der Waals surface area contributed by atoms with Gasteiger partial charge in [-0.3, -0.25) is 9.69 Å². The molecule has 0 radical (unpaired) electrons. The van der Waals surface area contributed by atoms with Crippen LogP contribution in [0.15, 0.2) is 24.3 Å². The zero-order valence-electron chi connectivity index (χ0n) is 15.8. The van der Waals surface area contributed by atoms with Gasteiger partial charge >= 0.3 is 6.18 Å². The van der Waals surface area contributed by atoms with Gasteiger partial charge in [0.05, 0.1) is 12.5 Å². The molecule has 4 nitrogen and oxygen atoms in total. The van der Waals surface area contributed by atoms with Crippen LogP contribution in [-0.4, -0.2) is 55.7 Å². The van der Waals surface area contributed by atoms with Crippen LogP contribution in [0.3, 0.4) is 0 Å². The number of anilines is 1. The third-order valence-corrected chi connectivity index (χ3v) is 5.61. The van der Waals surface area contributed by atoms with Gasteiger partial charge in [-0.2, -0.15) is 13.2 Å². The van der Waals surface area contributed by atoms with E-state index in [0.717, 1.165) is 26.2 Å². The number of halogens is 3. The second kappa shape index (κ2) is 8.50. The molecule has 1 amide bonds. The lowest BCUT2D eigenvalue weighted by molar-refractivity contribution is -0.184. The maximum Gasteiger partial charge on any atom is 0.391 e. The lowest BCUT2D eigenvalue weighted by atomic mass is 9.85. The molecule has 27 heavy (non-hydrogen) atoms. The summed E-state index contributed by atoms with van der Waals surface area (Å²) in [5, 5.41) is 2.82. The minimum atomic E-state index is -4.16. The van der Waals surface area contributed by atoms with Crippen LogP contribution in [0.1, 0.15) is 31.2 Å². The van der Waals surface area contributed by atoms with Gasteiger partial charge < -0.3 is 10.2 Å². The standard InChI is InChI=1S/C20H28F3N3O/c1-15-4-2-7-18(12-15)26-10-8-25(9-11-26)14-19(27)24-17-6-3-5-16(13-17)20(21,22)23/h2,4,7,12,16-17H,3,5-6,8-11,13-14H2,1H3,(H,24,27)/t16-,17-/m1/s1. The molecular formula is C20H28F3N3O. The van der Waals surface area contributed by atoms with Gasteiger partial charge in [-0.15, -0.1) is 0 Å². The van der Waals surface area contributed by atoms with E-state index in [9.17, 15) is 18.0 Å². The predicted octanol–water partition coefficient (Wildman–Crippen LogP) is 3.35. The molecule has 1 aliphatic heterocycles. The fourth-order valence-corrected chi connectivity index (χ4v) is 4.08. The molecule has 7 heteroatoms. The number of hydrogen-bond acceptors (Lipinski definition) is 3. The van der Waals surface area contributed by atoms with Crippen LogP contribution >= 0.6 is 0 Å². The van der Waals surface area contributed by atoms with Gasteiger partial charge in [-0.1, -0.05) is 18.6 Å². The summed E-state index contributed by atoms with van der Waals surface area (Å²) in [6.07, 6.45) is -2.81. The van der Waals surface area contributed by atoms with Crippen molar-refractivity contribution in [2.24, 2.45) is 5.92 Å². The predicted molar refractivity (Wildman–Crippen MR) is 99.8 cm³/mol. The molecule has 1 saturated heterocycles. The molecule has 2 atom stereocenters. The average molecular weight is 383 g/mol. The van der Waals surface area contributed by atoms with E-state index in [1.54, 1.807) is 0 Å². The fraction of sp³-hybridized carbons (Fsp3) is 0.650. The highest BCUT2D eigenvalue weighted by atomic mass is 19.4. The Hall–Kier alpha value is -1.76. The van der Waals surface area contributed by atoms with Crippen molar-refractivity contribution >= 4 is 11.6 Å². The van der Waals surface area contributed by atoms with E-state index in [-0.39, 0.29) is 31.3 Å². The van der Waals surface area contributed by atoms with Crippen molar-refractivity contribution in [2.75, 3.05) is 37.6 Å². The summed E-state index contributed by atoms with van der Waals surface area (Å²) in [7, 11) is 0. The number of nitrogens with one attached hydrogen (secondary N) is 1. The zero-order valence-corrected chi connectivity index (χ0v) is 15.8. The van der Waals surface area contributed by atoms with Crippen LogP contribution in [0, 0.1) is 12.8 Å². The number of benzene rings is 1. The Labute approximate surface area is 158 Å². The van der Waals surface area contributed by atoms with Crippen molar-refractivity contribution < 1.29 is 18.0 Å². The van der Waals surface area contributed by atoms with Gasteiger partial charge in [0.2, 0.25) is 5.91 Å². The molecule has 1 aromatic rings. The Morgan fingerprint density at radius 1 is 1.19 bits per heavy atom. The third-order valence-electron chi connectivity index (χ3n) is 5.61. The molecular weight excluding hydrogens is 355 g/mol. The summed E-state index contributed by atoms with van der Waals surface area (Å²) in [6, 6.07) is 8.01. The highest BCUT2D eigenvalue weighted by molar-refractivity contribution is 5.78. The minimum Gasteiger partial charge on any atom is -0.369 e. The molecule has 150 valence electrons. The number of piperazine rings is 1. The summed E-state index contributed by atoms with van der Waals surface area (Å²) in [6.45, 7) is 5.56. The average Bonchev–Trinajstić information content (AvgIpc) is 2.62. The van der Waals surface area contributed by atoms with Gasteiger partial charge in [0.1, 0.15) is 0 Å². The molecule has 2 fully saturated rings. The van der Waals surface area contributed by atoms with Crippen molar-refractivity contribution in [3.05, 3.63) is 29.8 Å². The molecule has 1 aliphatic carbocycles. The van der Waals surface area contributed by atoms with E-state index < -0.39 is 12.1 Å². The molecule has 1 aromatic carbocycles. The van der Waals surface area contributed by atoms with Crippen molar-refractivity contribution in [1.29, 1.82) is 0 Å². The first-order valence-electron chi connectivity index (χ1n) is 9.71. The Morgan fingerprint density at radius 3 is 2.59 bits per heavy atom. The van der Waals surface area contributed by atoms with E-state index >= 15 is 0 Å². The van der Waals surface area contributed by atoms with Crippen LogP contribution in [0.5, 0.6) is 0 Å². The quantitative estimate of drug-likeness (QED) is 0.866. The molecule has 0 spiro atoms. The van der Waals surface area contributed by atoms with Gasteiger partial charge in [-0.05, 0) is 43.9 Å². The number of alkyl halides is 3. The molecule has 1 N–H and O–H groups in total. The first kappa shape index (κ1) is 20.0. The SMILES string of the molecule is Cc1cccc(N2CCN(CC(=O)N[C@@H]3CCC[C@@H](C(F)(F)F)C3)CC2)c1. The Balaban J connectivity index is 1.43. The summed E-state index contributed by atoms with van der Waals surface area (Å²) in [5.41, 5.74) is 2.42. The second-order valence-corrected chi connectivity index (χ2v) is 7.77. The maximum absolute atomic E-state index is 12.9. The lowest BCUT2D eigenvalue weighted by Gasteiger charge is -2.36. The topological polar surface area (TPSA) is 35.6 Å². The van der Waals surface area contributed by atoms with Gasteiger partial charge in [0, 0.05) is 37.9 Å². The molecule has 3 rings (SSSR count). The number of aryl methyl sites for hydroxylation is 1. The van der Waals surface area contributed by atoms with Crippen molar-refractivity contribution in [1.82, 2.24) is 10.2 Å². The first-order chi connectivity index (χ1) is 12.8. The number of carbonyl (C=O) groups is 1. The number of rotatable bonds is 4. The molecule has 0 unspecified atom stereocenters. The Bertz CT molecular complexity index is 642. The van der Waals surface area contributed by atoms with E-state index in [1.165, 1.54) is 11.3 Å². The minimum absolute atomic E-state index is 0.0103. The summed E-state index contributed by atoms with van der Waals surface area (Å²) < 4.78 is 38.7. The Morgan fingerprint density at radius 2 is 1.93 bits per heavy atom. The number of carbonyl (C=O) groups excluding carboxylic acids is 1. The molecule has 0 aromatic heterocycles. The van der Waals surface area contributed by atoms with Crippen molar-refractivity contribution in [3.8, 4) is 0 Å². The number of amides is 1. The van der Waals surface area contributed by atoms with Crippen LogP contribution in [0.2, 0.25) is 0 Å². The fourth-order valence-electron chi connectivity index (χ4n) is 4.08. The van der Waals surface area contributed by atoms with E-state index in [0.29, 0.717) is 12.8 Å². The molecule has 1 saturated carbocycles. The van der Waals surface area contributed by atoms with Crippen LogP contribution in [0.25, 0.3) is 0 Å². The maximum atomic E-state index is 12.9. The van der Waals surface area contributed by atoms with Crippen LogP contribution in [-0.2, 0) is 4.79 Å². The summed E-state index contributed by atoms with van der Waals surface area (Å²) in [5.74, 6) is -1.44. The van der Waals surface area contributed by atoms with Crippen molar-refractivity contribution in [2.45, 2.75) is 44.8 Å². The van der Waals surface area contributed by atoms with E-state index in [1.807, 2.05) is 6.07 Å². The molecule has 2 aliphatic rings. The summed E-state index contributed by atoms with van der Waals surface area (Å²) >= 11 is 0. The zero-order chi connectivity index (χ0) is 19.4. The van der Waals surface area contributed by atoms with Crippen LogP contribution in [0.4, 0.5) is 18.9 Å². The smallest absolute Gasteiger partial charge is 0.369 e. The van der Waals surface area contributed by atoms with Crippen molar-refractivity contribution in [3.63, 3.8) is 0 Å². The monoisotopic (exact) mass is 383 g/mol. The lowest BCUT2D eigenvalue weighted by Crippen LogP contribution is -2.51. The number of hydrogen-bond donors (Lipinski definition) is 1. The normalized spacial score (nSPS) is 24.7. The summed E-state index contributed by atoms with van der Waals surface area (Å²) in [4.78, 5) is 16.7. The van der Waals surface area contributed by atoms with Crippen LogP contribution < -0.4 is 10.2 Å². The highest BCUT2D eigenvalue weighted by Gasteiger charge is 2.42. The largest absolute Gasteiger partial charge is 0.391 e. The van der Waals surface area contributed by atoms with Gasteiger partial charge in [0.25, 0.3) is 0 Å². The van der Waals surface area contributed by atoms with E-state index in [4.69, 9.17) is 0 Å².